The summed E-state index contributed by atoms with van der Waals surface area (Å²) in [6, 6.07) is 11.0. The fraction of sp³-hybridized carbons (Fsp3) is 0.143. The molecule has 6 heteroatoms. The number of anilines is 1. The summed E-state index contributed by atoms with van der Waals surface area (Å²) in [6.45, 7) is -2.87. The molecule has 0 atom stereocenters. The first-order valence-corrected chi connectivity index (χ1v) is 6.75. The van der Waals surface area contributed by atoms with Gasteiger partial charge in [-0.05, 0) is 24.3 Å². The molecule has 0 aliphatic carbocycles. The summed E-state index contributed by atoms with van der Waals surface area (Å²) in [4.78, 5) is 0.670. The summed E-state index contributed by atoms with van der Waals surface area (Å²) in [6.07, 6.45) is 0. The van der Waals surface area contributed by atoms with Crippen LogP contribution in [0.2, 0.25) is 0 Å². The quantitative estimate of drug-likeness (QED) is 0.660. The molecule has 2 aromatic rings. The van der Waals surface area contributed by atoms with Gasteiger partial charge in [0.2, 0.25) is 0 Å². The van der Waals surface area contributed by atoms with Gasteiger partial charge in [-0.25, -0.2) is 4.39 Å². The molecule has 106 valence electrons. The maximum absolute atomic E-state index is 13.3. The summed E-state index contributed by atoms with van der Waals surface area (Å²) < 4.78 is 42.3. The molecular formula is C14H12F3NOS. The highest BCUT2D eigenvalue weighted by atomic mass is 32.2. The molecule has 0 saturated heterocycles. The maximum Gasteiger partial charge on any atom is 0.387 e. The van der Waals surface area contributed by atoms with E-state index in [0.29, 0.717) is 16.2 Å². The van der Waals surface area contributed by atoms with Gasteiger partial charge in [0.25, 0.3) is 0 Å². The molecule has 20 heavy (non-hydrogen) atoms. The minimum absolute atomic E-state index is 0.0794. The molecule has 2 rings (SSSR count). The van der Waals surface area contributed by atoms with E-state index in [9.17, 15) is 13.2 Å². The largest absolute Gasteiger partial charge is 0.435 e. The first-order chi connectivity index (χ1) is 9.56. The zero-order chi connectivity index (χ0) is 14.5. The van der Waals surface area contributed by atoms with Gasteiger partial charge in [0, 0.05) is 16.2 Å². The molecule has 2 aromatic carbocycles. The SMILES string of the molecule is Nc1ccc(SCc2ccccc2OC(F)F)cc1F. The van der Waals surface area contributed by atoms with Crippen LogP contribution in [0.15, 0.2) is 47.4 Å². The van der Waals surface area contributed by atoms with Gasteiger partial charge in [0.15, 0.2) is 0 Å². The van der Waals surface area contributed by atoms with Crippen LogP contribution in [0.1, 0.15) is 5.56 Å². The Kier molecular flexibility index (Phi) is 4.79. The number of halogens is 3. The lowest BCUT2D eigenvalue weighted by Crippen LogP contribution is -2.03. The van der Waals surface area contributed by atoms with Gasteiger partial charge in [0.05, 0.1) is 5.69 Å². The predicted octanol–water partition coefficient (Wildman–Crippen LogP) is 4.30. The molecule has 0 fully saturated rings. The van der Waals surface area contributed by atoms with Gasteiger partial charge >= 0.3 is 6.61 Å². The average molecular weight is 299 g/mol. The highest BCUT2D eigenvalue weighted by molar-refractivity contribution is 7.98. The predicted molar refractivity (Wildman–Crippen MR) is 73.4 cm³/mol. The molecule has 0 aliphatic heterocycles. The smallest absolute Gasteiger partial charge is 0.387 e. The minimum atomic E-state index is -2.87. The molecule has 0 spiro atoms. The lowest BCUT2D eigenvalue weighted by molar-refractivity contribution is -0.0503. The zero-order valence-electron chi connectivity index (χ0n) is 10.4. The highest BCUT2D eigenvalue weighted by Gasteiger charge is 2.09. The van der Waals surface area contributed by atoms with Crippen LogP contribution in [0, 0.1) is 5.82 Å². The minimum Gasteiger partial charge on any atom is -0.435 e. The molecule has 0 aliphatic rings. The molecule has 0 bridgehead atoms. The number of ether oxygens (including phenoxy) is 1. The molecule has 0 radical (unpaired) electrons. The number of hydrogen-bond donors (Lipinski definition) is 1. The van der Waals surface area contributed by atoms with Gasteiger partial charge in [-0.15, -0.1) is 11.8 Å². The Hall–Kier alpha value is -1.82. The molecule has 0 aromatic heterocycles. The van der Waals surface area contributed by atoms with E-state index in [1.165, 1.54) is 30.0 Å². The van der Waals surface area contributed by atoms with Crippen LogP contribution < -0.4 is 10.5 Å². The van der Waals surface area contributed by atoms with E-state index < -0.39 is 12.4 Å². The third-order valence-electron chi connectivity index (χ3n) is 2.55. The number of nitrogen functional groups attached to an aromatic ring is 1. The number of hydrogen-bond acceptors (Lipinski definition) is 3. The van der Waals surface area contributed by atoms with Crippen molar-refractivity contribution < 1.29 is 17.9 Å². The average Bonchev–Trinajstić information content (AvgIpc) is 2.41. The number of benzene rings is 2. The van der Waals surface area contributed by atoms with Crippen molar-refractivity contribution in [2.75, 3.05) is 5.73 Å². The third-order valence-corrected chi connectivity index (χ3v) is 3.60. The summed E-state index contributed by atoms with van der Waals surface area (Å²) in [5.74, 6) is 0.0322. The first kappa shape index (κ1) is 14.6. The lowest BCUT2D eigenvalue weighted by atomic mass is 10.2. The molecular weight excluding hydrogens is 287 g/mol. The summed E-state index contributed by atoms with van der Waals surface area (Å²) in [5, 5.41) is 0. The fourth-order valence-electron chi connectivity index (χ4n) is 1.59. The van der Waals surface area contributed by atoms with E-state index in [-0.39, 0.29) is 11.4 Å². The van der Waals surface area contributed by atoms with E-state index in [0.717, 1.165) is 0 Å². The monoisotopic (exact) mass is 299 g/mol. The third kappa shape index (κ3) is 3.84. The van der Waals surface area contributed by atoms with Gasteiger partial charge in [-0.3, -0.25) is 0 Å². The molecule has 2 N–H and O–H groups in total. The Morgan fingerprint density at radius 3 is 2.60 bits per heavy atom. The normalized spacial score (nSPS) is 10.8. The van der Waals surface area contributed by atoms with E-state index in [4.69, 9.17) is 5.73 Å². The molecule has 0 heterocycles. The van der Waals surface area contributed by atoms with Crippen molar-refractivity contribution in [2.45, 2.75) is 17.3 Å². The Bertz CT molecular complexity index is 592. The second-order valence-corrected chi connectivity index (χ2v) is 5.01. The fourth-order valence-corrected chi connectivity index (χ4v) is 2.50. The van der Waals surface area contributed by atoms with Crippen molar-refractivity contribution in [3.05, 3.63) is 53.8 Å². The summed E-state index contributed by atoms with van der Waals surface area (Å²) in [5.41, 5.74) is 6.09. The standard InChI is InChI=1S/C14H12F3NOS/c15-11-7-10(5-6-12(11)18)20-8-9-3-1-2-4-13(9)19-14(16)17/h1-7,14H,8,18H2. The molecule has 0 unspecified atom stereocenters. The number of para-hydroxylation sites is 1. The van der Waals surface area contributed by atoms with E-state index in [1.54, 1.807) is 24.3 Å². The lowest BCUT2D eigenvalue weighted by Gasteiger charge is -2.10. The second-order valence-electron chi connectivity index (χ2n) is 3.96. The molecule has 2 nitrogen and oxygen atoms in total. The first-order valence-electron chi connectivity index (χ1n) is 5.77. The van der Waals surface area contributed by atoms with Crippen LogP contribution in [0.25, 0.3) is 0 Å². The van der Waals surface area contributed by atoms with Crippen LogP contribution in [0.3, 0.4) is 0 Å². The van der Waals surface area contributed by atoms with Crippen LogP contribution in [-0.4, -0.2) is 6.61 Å². The van der Waals surface area contributed by atoms with Crippen LogP contribution in [0.5, 0.6) is 5.75 Å². The summed E-state index contributed by atoms with van der Waals surface area (Å²) in [7, 11) is 0. The van der Waals surface area contributed by atoms with Gasteiger partial charge in [0.1, 0.15) is 11.6 Å². The van der Waals surface area contributed by atoms with Crippen molar-refractivity contribution in [1.29, 1.82) is 0 Å². The number of thioether (sulfide) groups is 1. The Labute approximate surface area is 118 Å². The van der Waals surface area contributed by atoms with Crippen LogP contribution in [0.4, 0.5) is 18.9 Å². The maximum atomic E-state index is 13.3. The van der Waals surface area contributed by atoms with Crippen molar-refractivity contribution in [2.24, 2.45) is 0 Å². The number of alkyl halides is 2. The van der Waals surface area contributed by atoms with Crippen LogP contribution in [-0.2, 0) is 5.75 Å². The van der Waals surface area contributed by atoms with Gasteiger partial charge in [-0.2, -0.15) is 8.78 Å². The van der Waals surface area contributed by atoms with E-state index >= 15 is 0 Å². The highest BCUT2D eigenvalue weighted by Crippen LogP contribution is 2.29. The van der Waals surface area contributed by atoms with Gasteiger partial charge in [-0.1, -0.05) is 18.2 Å². The zero-order valence-corrected chi connectivity index (χ0v) is 11.2. The van der Waals surface area contributed by atoms with E-state index in [1.807, 2.05) is 0 Å². The van der Waals surface area contributed by atoms with E-state index in [2.05, 4.69) is 4.74 Å². The summed E-state index contributed by atoms with van der Waals surface area (Å²) >= 11 is 1.32. The Morgan fingerprint density at radius 1 is 1.15 bits per heavy atom. The van der Waals surface area contributed by atoms with Crippen LogP contribution >= 0.6 is 11.8 Å². The second kappa shape index (κ2) is 6.56. The topological polar surface area (TPSA) is 35.2 Å². The van der Waals surface area contributed by atoms with Crippen molar-refractivity contribution in [3.8, 4) is 5.75 Å². The number of rotatable bonds is 5. The van der Waals surface area contributed by atoms with Gasteiger partial charge < -0.3 is 10.5 Å². The van der Waals surface area contributed by atoms with Crippen molar-refractivity contribution >= 4 is 17.4 Å². The Balaban J connectivity index is 2.08. The number of nitrogens with two attached hydrogens (primary N) is 1. The Morgan fingerprint density at radius 2 is 1.90 bits per heavy atom. The van der Waals surface area contributed by atoms with Crippen molar-refractivity contribution in [3.63, 3.8) is 0 Å². The van der Waals surface area contributed by atoms with Crippen molar-refractivity contribution in [1.82, 2.24) is 0 Å². The molecule has 0 saturated carbocycles. The molecule has 0 amide bonds.